The summed E-state index contributed by atoms with van der Waals surface area (Å²) in [5, 5.41) is 3.74. The molecule has 1 heterocycles. The highest BCUT2D eigenvalue weighted by molar-refractivity contribution is 5.35. The highest BCUT2D eigenvalue weighted by atomic mass is 19.4. The maximum absolute atomic E-state index is 12.7. The van der Waals surface area contributed by atoms with Gasteiger partial charge in [-0.2, -0.15) is 18.3 Å². The molecule has 0 fully saturated rings. The van der Waals surface area contributed by atoms with Gasteiger partial charge in [-0.15, -0.1) is 0 Å². The van der Waals surface area contributed by atoms with E-state index in [-0.39, 0.29) is 12.2 Å². The molecule has 0 radical (unpaired) electrons. The van der Waals surface area contributed by atoms with Gasteiger partial charge in [0.2, 0.25) is 0 Å². The van der Waals surface area contributed by atoms with Crippen LogP contribution in [0.4, 0.5) is 13.2 Å². The van der Waals surface area contributed by atoms with Crippen LogP contribution in [0.2, 0.25) is 0 Å². The molecule has 2 aromatic rings. The summed E-state index contributed by atoms with van der Waals surface area (Å²) in [7, 11) is 0. The van der Waals surface area contributed by atoms with Crippen LogP contribution in [0.15, 0.2) is 36.5 Å². The van der Waals surface area contributed by atoms with Gasteiger partial charge in [0.1, 0.15) is 0 Å². The second-order valence-electron chi connectivity index (χ2n) is 3.45. The molecule has 1 aromatic carbocycles. The molecule has 0 atom stereocenters. The average molecular weight is 241 g/mol. The standard InChI is InChI=1S/C11H10F3N3/c12-11(13,14)9-7-16-17(10(9)6-15)8-4-2-1-3-5-8/h1-5,7H,6,15H2. The highest BCUT2D eigenvalue weighted by Gasteiger charge is 2.35. The number of benzene rings is 1. The van der Waals surface area contributed by atoms with Crippen molar-refractivity contribution in [3.05, 3.63) is 47.8 Å². The minimum Gasteiger partial charge on any atom is -0.325 e. The van der Waals surface area contributed by atoms with Gasteiger partial charge in [0.15, 0.2) is 0 Å². The molecule has 0 saturated heterocycles. The third-order valence-corrected chi connectivity index (χ3v) is 2.37. The third-order valence-electron chi connectivity index (χ3n) is 2.37. The molecular weight excluding hydrogens is 231 g/mol. The van der Waals surface area contributed by atoms with E-state index in [0.29, 0.717) is 5.69 Å². The number of hydrogen-bond donors (Lipinski definition) is 1. The molecule has 0 aliphatic rings. The molecule has 6 heteroatoms. The summed E-state index contributed by atoms with van der Waals surface area (Å²) in [4.78, 5) is 0. The van der Waals surface area contributed by atoms with E-state index in [4.69, 9.17) is 5.73 Å². The quantitative estimate of drug-likeness (QED) is 0.877. The van der Waals surface area contributed by atoms with E-state index in [1.54, 1.807) is 30.3 Å². The fraction of sp³-hybridized carbons (Fsp3) is 0.182. The summed E-state index contributed by atoms with van der Waals surface area (Å²) >= 11 is 0. The summed E-state index contributed by atoms with van der Waals surface area (Å²) < 4.78 is 39.2. The highest BCUT2D eigenvalue weighted by Crippen LogP contribution is 2.32. The Hall–Kier alpha value is -1.82. The molecule has 3 nitrogen and oxygen atoms in total. The topological polar surface area (TPSA) is 43.8 Å². The molecule has 0 saturated carbocycles. The third kappa shape index (κ3) is 2.16. The molecule has 0 aliphatic carbocycles. The van der Waals surface area contributed by atoms with E-state index in [2.05, 4.69) is 5.10 Å². The Labute approximate surface area is 95.7 Å². The summed E-state index contributed by atoms with van der Waals surface area (Å²) in [6.45, 7) is -0.219. The Kier molecular flexibility index (Phi) is 2.89. The number of nitrogens with two attached hydrogens (primary N) is 1. The first-order valence-corrected chi connectivity index (χ1v) is 4.93. The van der Waals surface area contributed by atoms with Gasteiger partial charge in [0, 0.05) is 6.54 Å². The second kappa shape index (κ2) is 4.21. The maximum atomic E-state index is 12.7. The van der Waals surface area contributed by atoms with Crippen molar-refractivity contribution in [2.75, 3.05) is 0 Å². The van der Waals surface area contributed by atoms with E-state index in [0.717, 1.165) is 6.20 Å². The Balaban J connectivity index is 2.54. The van der Waals surface area contributed by atoms with Crippen molar-refractivity contribution in [1.82, 2.24) is 9.78 Å². The lowest BCUT2D eigenvalue weighted by Crippen LogP contribution is -2.13. The van der Waals surface area contributed by atoms with Gasteiger partial charge < -0.3 is 5.73 Å². The van der Waals surface area contributed by atoms with E-state index >= 15 is 0 Å². The minimum absolute atomic E-state index is 0.0382. The number of halogens is 3. The lowest BCUT2D eigenvalue weighted by atomic mass is 10.2. The predicted octanol–water partition coefficient (Wildman–Crippen LogP) is 2.35. The van der Waals surface area contributed by atoms with Crippen LogP contribution in [-0.2, 0) is 12.7 Å². The van der Waals surface area contributed by atoms with Crippen molar-refractivity contribution in [1.29, 1.82) is 0 Å². The van der Waals surface area contributed by atoms with Gasteiger partial charge in [-0.3, -0.25) is 0 Å². The first-order chi connectivity index (χ1) is 8.04. The van der Waals surface area contributed by atoms with Gasteiger partial charge >= 0.3 is 6.18 Å². The Bertz CT molecular complexity index is 502. The van der Waals surface area contributed by atoms with Crippen LogP contribution in [-0.4, -0.2) is 9.78 Å². The fourth-order valence-corrected chi connectivity index (χ4v) is 1.60. The van der Waals surface area contributed by atoms with Crippen molar-refractivity contribution < 1.29 is 13.2 Å². The number of hydrogen-bond acceptors (Lipinski definition) is 2. The summed E-state index contributed by atoms with van der Waals surface area (Å²) in [6.07, 6.45) is -3.63. The predicted molar refractivity (Wildman–Crippen MR) is 56.5 cm³/mol. The molecular formula is C11H10F3N3. The molecule has 2 rings (SSSR count). The smallest absolute Gasteiger partial charge is 0.325 e. The number of alkyl halides is 3. The second-order valence-corrected chi connectivity index (χ2v) is 3.45. The molecule has 0 spiro atoms. The molecule has 2 N–H and O–H groups in total. The molecule has 0 aliphatic heterocycles. The SMILES string of the molecule is NCc1c(C(F)(F)F)cnn1-c1ccccc1. The zero-order valence-corrected chi connectivity index (χ0v) is 8.78. The summed E-state index contributed by atoms with van der Waals surface area (Å²) in [5.74, 6) is 0. The Morgan fingerprint density at radius 3 is 2.35 bits per heavy atom. The Morgan fingerprint density at radius 2 is 1.82 bits per heavy atom. The van der Waals surface area contributed by atoms with Crippen molar-refractivity contribution >= 4 is 0 Å². The van der Waals surface area contributed by atoms with Crippen LogP contribution in [0.5, 0.6) is 0 Å². The number of rotatable bonds is 2. The van der Waals surface area contributed by atoms with Gasteiger partial charge in [-0.05, 0) is 12.1 Å². The van der Waals surface area contributed by atoms with Crippen LogP contribution in [0.25, 0.3) is 5.69 Å². The van der Waals surface area contributed by atoms with E-state index in [1.807, 2.05) is 0 Å². The van der Waals surface area contributed by atoms with Crippen molar-refractivity contribution in [2.24, 2.45) is 5.73 Å². The van der Waals surface area contributed by atoms with Gasteiger partial charge in [-0.1, -0.05) is 18.2 Å². The van der Waals surface area contributed by atoms with Gasteiger partial charge in [-0.25, -0.2) is 4.68 Å². The van der Waals surface area contributed by atoms with Crippen LogP contribution in [0.3, 0.4) is 0 Å². The first kappa shape index (κ1) is 11.7. The van der Waals surface area contributed by atoms with Crippen LogP contribution < -0.4 is 5.73 Å². The summed E-state index contributed by atoms with van der Waals surface area (Å²) in [6, 6.07) is 8.58. The monoisotopic (exact) mass is 241 g/mol. The molecule has 0 bridgehead atoms. The lowest BCUT2D eigenvalue weighted by molar-refractivity contribution is -0.138. The van der Waals surface area contributed by atoms with E-state index in [1.165, 1.54) is 4.68 Å². The van der Waals surface area contributed by atoms with Crippen molar-refractivity contribution in [3.8, 4) is 5.69 Å². The van der Waals surface area contributed by atoms with Crippen LogP contribution in [0.1, 0.15) is 11.3 Å². The molecule has 90 valence electrons. The van der Waals surface area contributed by atoms with Gasteiger partial charge in [0.25, 0.3) is 0 Å². The molecule has 1 aromatic heterocycles. The number of para-hydroxylation sites is 1. The van der Waals surface area contributed by atoms with Crippen LogP contribution >= 0.6 is 0 Å². The number of nitrogens with zero attached hydrogens (tertiary/aromatic N) is 2. The minimum atomic E-state index is -4.43. The van der Waals surface area contributed by atoms with Crippen molar-refractivity contribution in [3.63, 3.8) is 0 Å². The van der Waals surface area contributed by atoms with E-state index in [9.17, 15) is 13.2 Å². The fourth-order valence-electron chi connectivity index (χ4n) is 1.60. The molecule has 0 amide bonds. The summed E-state index contributed by atoms with van der Waals surface area (Å²) in [5.41, 5.74) is 5.10. The van der Waals surface area contributed by atoms with Gasteiger partial charge in [0.05, 0.1) is 23.1 Å². The average Bonchev–Trinajstić information content (AvgIpc) is 2.73. The zero-order valence-electron chi connectivity index (χ0n) is 8.78. The Morgan fingerprint density at radius 1 is 1.18 bits per heavy atom. The first-order valence-electron chi connectivity index (χ1n) is 4.93. The van der Waals surface area contributed by atoms with Crippen molar-refractivity contribution in [2.45, 2.75) is 12.7 Å². The normalized spacial score (nSPS) is 11.8. The molecule has 0 unspecified atom stereocenters. The number of aromatic nitrogens is 2. The lowest BCUT2D eigenvalue weighted by Gasteiger charge is -2.09. The molecule has 17 heavy (non-hydrogen) atoms. The maximum Gasteiger partial charge on any atom is 0.419 e. The largest absolute Gasteiger partial charge is 0.419 e. The van der Waals surface area contributed by atoms with E-state index < -0.39 is 11.7 Å². The zero-order chi connectivity index (χ0) is 12.5. The van der Waals surface area contributed by atoms with Crippen LogP contribution in [0, 0.1) is 0 Å².